The maximum Gasteiger partial charge on any atom is 0.227 e. The summed E-state index contributed by atoms with van der Waals surface area (Å²) in [6, 6.07) is 17.5. The summed E-state index contributed by atoms with van der Waals surface area (Å²) in [7, 11) is 0. The normalized spacial score (nSPS) is 18.8. The van der Waals surface area contributed by atoms with Crippen molar-refractivity contribution in [3.05, 3.63) is 71.4 Å². The van der Waals surface area contributed by atoms with E-state index in [1.165, 1.54) is 0 Å². The zero-order valence-corrected chi connectivity index (χ0v) is 16.3. The molecule has 2 aromatic carbocycles. The van der Waals surface area contributed by atoms with Crippen LogP contribution in [0.3, 0.4) is 0 Å². The Kier molecular flexibility index (Phi) is 5.29. The van der Waals surface area contributed by atoms with Gasteiger partial charge in [0.1, 0.15) is 0 Å². The van der Waals surface area contributed by atoms with Crippen LogP contribution in [0, 0.1) is 0 Å². The monoisotopic (exact) mass is 374 g/mol. The highest BCUT2D eigenvalue weighted by molar-refractivity contribution is 6.06. The molecule has 1 aliphatic carbocycles. The molecule has 2 aliphatic rings. The molecule has 0 saturated heterocycles. The number of nitrogens with zero attached hydrogens (tertiary/aromatic N) is 1. The van der Waals surface area contributed by atoms with Gasteiger partial charge in [0.05, 0.1) is 17.4 Å². The van der Waals surface area contributed by atoms with Crippen LogP contribution in [0.5, 0.6) is 0 Å². The number of ketones is 1. The molecule has 0 bridgehead atoms. The molecule has 0 unspecified atom stereocenters. The first-order valence-corrected chi connectivity index (χ1v) is 10.2. The Morgan fingerprint density at radius 3 is 2.61 bits per heavy atom. The van der Waals surface area contributed by atoms with Crippen molar-refractivity contribution in [2.45, 2.75) is 51.5 Å². The van der Waals surface area contributed by atoms with Gasteiger partial charge in [-0.05, 0) is 37.0 Å². The minimum Gasteiger partial charge on any atom is -0.357 e. The average molecular weight is 374 g/mol. The van der Waals surface area contributed by atoms with E-state index in [-0.39, 0.29) is 17.7 Å². The van der Waals surface area contributed by atoms with Crippen LogP contribution >= 0.6 is 0 Å². The molecular formula is C24H26N2O2. The van der Waals surface area contributed by atoms with E-state index in [4.69, 9.17) is 0 Å². The van der Waals surface area contributed by atoms with E-state index in [0.29, 0.717) is 12.8 Å². The molecule has 1 N–H and O–H groups in total. The van der Waals surface area contributed by atoms with Crippen molar-refractivity contribution >= 4 is 23.1 Å². The average Bonchev–Trinajstić information content (AvgIpc) is 2.87. The molecule has 28 heavy (non-hydrogen) atoms. The van der Waals surface area contributed by atoms with E-state index < -0.39 is 0 Å². The molecule has 1 aliphatic heterocycles. The number of carbonyl (C=O) groups is 2. The van der Waals surface area contributed by atoms with Gasteiger partial charge in [0.25, 0.3) is 0 Å². The molecule has 0 fully saturated rings. The Bertz CT molecular complexity index is 917. The van der Waals surface area contributed by atoms with Crippen molar-refractivity contribution in [1.82, 2.24) is 0 Å². The third-order valence-corrected chi connectivity index (χ3v) is 5.57. The third kappa shape index (κ3) is 3.35. The Hall–Kier alpha value is -2.88. The summed E-state index contributed by atoms with van der Waals surface area (Å²) in [6.07, 6.45) is 4.49. The molecule has 1 atom stereocenters. The summed E-state index contributed by atoms with van der Waals surface area (Å²) in [6.45, 7) is 2.09. The fraction of sp³-hybridized carbons (Fsp3) is 0.333. The molecule has 0 aromatic heterocycles. The number of carbonyl (C=O) groups excluding carboxylic acids is 2. The van der Waals surface area contributed by atoms with E-state index in [9.17, 15) is 9.59 Å². The highest BCUT2D eigenvalue weighted by atomic mass is 16.2. The van der Waals surface area contributed by atoms with Gasteiger partial charge in [0, 0.05) is 24.1 Å². The first-order chi connectivity index (χ1) is 13.7. The van der Waals surface area contributed by atoms with Crippen molar-refractivity contribution in [3.63, 3.8) is 0 Å². The number of hydrogen-bond donors (Lipinski definition) is 1. The fourth-order valence-corrected chi connectivity index (χ4v) is 4.21. The van der Waals surface area contributed by atoms with Gasteiger partial charge < -0.3 is 5.32 Å². The van der Waals surface area contributed by atoms with Gasteiger partial charge in [-0.2, -0.15) is 0 Å². The van der Waals surface area contributed by atoms with Crippen molar-refractivity contribution in [3.8, 4) is 0 Å². The summed E-state index contributed by atoms with van der Waals surface area (Å²) < 4.78 is 0. The van der Waals surface area contributed by atoms with E-state index in [0.717, 1.165) is 53.9 Å². The SMILES string of the molecule is CCCCC(=O)N1c2ccccc2NC2=C(C(=O)CCC2)[C@H]1c1ccccc1. The zero-order valence-electron chi connectivity index (χ0n) is 16.3. The van der Waals surface area contributed by atoms with Crippen molar-refractivity contribution < 1.29 is 9.59 Å². The highest BCUT2D eigenvalue weighted by Gasteiger charge is 2.38. The summed E-state index contributed by atoms with van der Waals surface area (Å²) in [5.41, 5.74) is 4.43. The maximum absolute atomic E-state index is 13.4. The number of Topliss-reactive ketones (excluding diaryl/α,β-unsaturated/α-hetero) is 1. The number of allylic oxidation sites excluding steroid dienone is 1. The number of amides is 1. The van der Waals surface area contributed by atoms with E-state index in [1.807, 2.05) is 59.5 Å². The van der Waals surface area contributed by atoms with Gasteiger partial charge in [-0.25, -0.2) is 0 Å². The minimum absolute atomic E-state index is 0.0667. The summed E-state index contributed by atoms with van der Waals surface area (Å²) in [5.74, 6) is 0.209. The van der Waals surface area contributed by atoms with Crippen molar-refractivity contribution in [1.29, 1.82) is 0 Å². The van der Waals surface area contributed by atoms with E-state index >= 15 is 0 Å². The van der Waals surface area contributed by atoms with Crippen LogP contribution in [0.15, 0.2) is 65.9 Å². The first-order valence-electron chi connectivity index (χ1n) is 10.2. The number of unbranched alkanes of at least 4 members (excludes halogenated alkanes) is 1. The standard InChI is InChI=1S/C24H26N2O2/c1-2-3-16-22(28)26-20-14-8-7-12-18(20)25-19-13-9-15-21(27)23(19)24(26)17-10-5-4-6-11-17/h4-8,10-12,14,24-25H,2-3,9,13,15-16H2,1H3/t24-/m1/s1. The second kappa shape index (κ2) is 8.01. The van der Waals surface area contributed by atoms with Gasteiger partial charge in [-0.3, -0.25) is 14.5 Å². The van der Waals surface area contributed by atoms with E-state index in [1.54, 1.807) is 0 Å². The molecule has 4 heteroatoms. The van der Waals surface area contributed by atoms with Crippen LogP contribution in [-0.2, 0) is 9.59 Å². The van der Waals surface area contributed by atoms with Crippen LogP contribution in [0.2, 0.25) is 0 Å². The number of anilines is 2. The summed E-state index contributed by atoms with van der Waals surface area (Å²) in [5, 5.41) is 3.50. The molecule has 1 heterocycles. The summed E-state index contributed by atoms with van der Waals surface area (Å²) in [4.78, 5) is 28.3. The largest absolute Gasteiger partial charge is 0.357 e. The third-order valence-electron chi connectivity index (χ3n) is 5.57. The molecule has 4 nitrogen and oxygen atoms in total. The quantitative estimate of drug-likeness (QED) is 0.781. The Morgan fingerprint density at radius 1 is 1.07 bits per heavy atom. The van der Waals surface area contributed by atoms with Gasteiger partial charge in [0.2, 0.25) is 5.91 Å². The van der Waals surface area contributed by atoms with Crippen LogP contribution in [0.25, 0.3) is 0 Å². The predicted octanol–water partition coefficient (Wildman–Crippen LogP) is 5.38. The number of benzene rings is 2. The lowest BCUT2D eigenvalue weighted by molar-refractivity contribution is -0.119. The number of para-hydroxylation sites is 2. The summed E-state index contributed by atoms with van der Waals surface area (Å²) >= 11 is 0. The lowest BCUT2D eigenvalue weighted by atomic mass is 9.85. The fourth-order valence-electron chi connectivity index (χ4n) is 4.21. The topological polar surface area (TPSA) is 49.4 Å². The van der Waals surface area contributed by atoms with Gasteiger partial charge in [-0.1, -0.05) is 55.8 Å². The molecule has 4 rings (SSSR count). The molecule has 0 spiro atoms. The molecule has 144 valence electrons. The maximum atomic E-state index is 13.4. The molecule has 0 radical (unpaired) electrons. The molecule has 1 amide bonds. The number of nitrogens with one attached hydrogen (secondary N) is 1. The Morgan fingerprint density at radius 2 is 1.82 bits per heavy atom. The number of rotatable bonds is 4. The number of fused-ring (bicyclic) bond motifs is 1. The van der Waals surface area contributed by atoms with Gasteiger partial charge in [0.15, 0.2) is 5.78 Å². The van der Waals surface area contributed by atoms with Crippen molar-refractivity contribution in [2.75, 3.05) is 10.2 Å². The van der Waals surface area contributed by atoms with Crippen molar-refractivity contribution in [2.24, 2.45) is 0 Å². The van der Waals surface area contributed by atoms with Gasteiger partial charge in [-0.15, -0.1) is 0 Å². The van der Waals surface area contributed by atoms with Crippen LogP contribution < -0.4 is 10.2 Å². The van der Waals surface area contributed by atoms with Crippen LogP contribution in [0.1, 0.15) is 57.1 Å². The van der Waals surface area contributed by atoms with Crippen LogP contribution in [0.4, 0.5) is 11.4 Å². The first kappa shape index (κ1) is 18.5. The second-order valence-corrected chi connectivity index (χ2v) is 7.49. The van der Waals surface area contributed by atoms with Crippen LogP contribution in [-0.4, -0.2) is 11.7 Å². The lowest BCUT2D eigenvalue weighted by Gasteiger charge is -2.34. The molecule has 2 aromatic rings. The predicted molar refractivity (Wildman–Crippen MR) is 112 cm³/mol. The lowest BCUT2D eigenvalue weighted by Crippen LogP contribution is -2.37. The Labute approximate surface area is 166 Å². The minimum atomic E-state index is -0.385. The van der Waals surface area contributed by atoms with E-state index in [2.05, 4.69) is 12.2 Å². The number of hydrogen-bond acceptors (Lipinski definition) is 3. The molecular weight excluding hydrogens is 348 g/mol. The zero-order chi connectivity index (χ0) is 19.5. The molecule has 0 saturated carbocycles. The highest BCUT2D eigenvalue weighted by Crippen LogP contribution is 2.44. The second-order valence-electron chi connectivity index (χ2n) is 7.49. The Balaban J connectivity index is 1.94. The smallest absolute Gasteiger partial charge is 0.227 e. The van der Waals surface area contributed by atoms with Gasteiger partial charge >= 0.3 is 0 Å².